The van der Waals surface area contributed by atoms with Gasteiger partial charge in [-0.1, -0.05) is 0 Å². The molecular formula is C8H14O6S. The van der Waals surface area contributed by atoms with Gasteiger partial charge in [0.15, 0.2) is 10.7 Å². The number of carbonyl (C=O) groups excluding carboxylic acids is 1. The van der Waals surface area contributed by atoms with Crippen molar-refractivity contribution >= 4 is 18.4 Å². The summed E-state index contributed by atoms with van der Waals surface area (Å²) in [6.07, 6.45) is -5.83. The van der Waals surface area contributed by atoms with Crippen LogP contribution >= 0.6 is 12.6 Å². The van der Waals surface area contributed by atoms with Crippen LogP contribution < -0.4 is 0 Å². The number of ketones is 1. The molecule has 0 bridgehead atoms. The van der Waals surface area contributed by atoms with Gasteiger partial charge in [-0.2, -0.15) is 0 Å². The van der Waals surface area contributed by atoms with Crippen LogP contribution in [-0.2, 0) is 9.53 Å². The molecule has 0 saturated carbocycles. The van der Waals surface area contributed by atoms with Crippen LogP contribution in [0.25, 0.3) is 0 Å². The van der Waals surface area contributed by atoms with Gasteiger partial charge in [-0.3, -0.25) is 4.79 Å². The standard InChI is InChI=1S/C8H14O6S/c1-3(10)8(15)7(13)6(12)5(11)4(2-9)14-8/h4-7,9,11-13,15H,2H2,1H3/t4-,5+,6+,7-,8+/m0/s1. The van der Waals surface area contributed by atoms with E-state index in [0.29, 0.717) is 0 Å². The minimum absolute atomic E-state index is 0.583. The lowest BCUT2D eigenvalue weighted by Gasteiger charge is -2.44. The van der Waals surface area contributed by atoms with Crippen molar-refractivity contribution in [2.45, 2.75) is 36.3 Å². The summed E-state index contributed by atoms with van der Waals surface area (Å²) in [6.45, 7) is 0.551. The summed E-state index contributed by atoms with van der Waals surface area (Å²) in [5, 5.41) is 37.2. The van der Waals surface area contributed by atoms with Crippen molar-refractivity contribution in [2.24, 2.45) is 0 Å². The number of aliphatic hydroxyl groups excluding tert-OH is 4. The molecule has 0 aromatic rings. The average molecular weight is 238 g/mol. The van der Waals surface area contributed by atoms with Crippen LogP contribution in [0, 0.1) is 0 Å². The van der Waals surface area contributed by atoms with Crippen LogP contribution in [0.3, 0.4) is 0 Å². The van der Waals surface area contributed by atoms with E-state index >= 15 is 0 Å². The zero-order valence-electron chi connectivity index (χ0n) is 8.07. The monoisotopic (exact) mass is 238 g/mol. The topological polar surface area (TPSA) is 107 Å². The summed E-state index contributed by atoms with van der Waals surface area (Å²) < 4.78 is 4.98. The van der Waals surface area contributed by atoms with E-state index in [0.717, 1.165) is 6.92 Å². The summed E-state index contributed by atoms with van der Waals surface area (Å²) in [4.78, 5) is 9.31. The van der Waals surface area contributed by atoms with Crippen LogP contribution in [0.1, 0.15) is 6.92 Å². The van der Waals surface area contributed by atoms with Gasteiger partial charge in [0.1, 0.15) is 24.4 Å². The van der Waals surface area contributed by atoms with Gasteiger partial charge in [-0.05, 0) is 6.92 Å². The van der Waals surface area contributed by atoms with E-state index in [9.17, 15) is 20.1 Å². The highest BCUT2D eigenvalue weighted by Gasteiger charge is 2.54. The Morgan fingerprint density at radius 3 is 2.33 bits per heavy atom. The summed E-state index contributed by atoms with van der Waals surface area (Å²) in [5.74, 6) is -0.609. The zero-order chi connectivity index (χ0) is 11.8. The number of rotatable bonds is 2. The fourth-order valence-electron chi connectivity index (χ4n) is 1.44. The van der Waals surface area contributed by atoms with Crippen LogP contribution in [-0.4, -0.2) is 62.2 Å². The molecule has 4 N–H and O–H groups in total. The molecule has 0 aromatic carbocycles. The number of thiol groups is 1. The van der Waals surface area contributed by atoms with E-state index in [-0.39, 0.29) is 0 Å². The maximum absolute atomic E-state index is 11.2. The molecule has 0 radical (unpaired) electrons. The van der Waals surface area contributed by atoms with Crippen LogP contribution in [0.15, 0.2) is 0 Å². The third kappa shape index (κ3) is 2.03. The lowest BCUT2D eigenvalue weighted by Crippen LogP contribution is -2.65. The van der Waals surface area contributed by atoms with Crippen LogP contribution in [0.4, 0.5) is 0 Å². The Bertz CT molecular complexity index is 258. The second kappa shape index (κ2) is 4.36. The van der Waals surface area contributed by atoms with Gasteiger partial charge in [0.05, 0.1) is 6.61 Å². The van der Waals surface area contributed by atoms with E-state index in [2.05, 4.69) is 12.6 Å². The van der Waals surface area contributed by atoms with Crippen molar-refractivity contribution in [3.63, 3.8) is 0 Å². The van der Waals surface area contributed by atoms with Gasteiger partial charge in [-0.25, -0.2) is 0 Å². The molecule has 1 rings (SSSR count). The highest BCUT2D eigenvalue weighted by molar-refractivity contribution is 7.82. The van der Waals surface area contributed by atoms with Crippen molar-refractivity contribution in [1.29, 1.82) is 0 Å². The molecule has 0 spiro atoms. The number of Topliss-reactive ketones (excluding diaryl/α,β-unsaturated/α-hetero) is 1. The van der Waals surface area contributed by atoms with Gasteiger partial charge < -0.3 is 25.2 Å². The quantitative estimate of drug-likeness (QED) is 0.346. The maximum Gasteiger partial charge on any atom is 0.197 e. The fraction of sp³-hybridized carbons (Fsp3) is 0.875. The van der Waals surface area contributed by atoms with Gasteiger partial charge >= 0.3 is 0 Å². The maximum atomic E-state index is 11.2. The number of hydrogen-bond acceptors (Lipinski definition) is 7. The molecule has 15 heavy (non-hydrogen) atoms. The molecule has 0 unspecified atom stereocenters. The minimum atomic E-state index is -1.90. The van der Waals surface area contributed by atoms with Crippen LogP contribution in [0.2, 0.25) is 0 Å². The first-order chi connectivity index (χ1) is 6.84. The Balaban J connectivity index is 2.97. The number of hydrogen-bond donors (Lipinski definition) is 5. The number of ether oxygens (including phenoxy) is 1. The molecule has 0 aromatic heterocycles. The first-order valence-corrected chi connectivity index (χ1v) is 4.85. The SMILES string of the molecule is CC(=O)[C@]1(S)O[C@@H](CO)[C@@H](O)[C@@H](O)[C@@H]1O. The first-order valence-electron chi connectivity index (χ1n) is 4.41. The largest absolute Gasteiger partial charge is 0.394 e. The van der Waals surface area contributed by atoms with Gasteiger partial charge in [-0.15, -0.1) is 12.6 Å². The second-order valence-electron chi connectivity index (χ2n) is 3.52. The molecule has 1 aliphatic heterocycles. The summed E-state index contributed by atoms with van der Waals surface area (Å²) in [5.41, 5.74) is 0. The molecule has 1 heterocycles. The second-order valence-corrected chi connectivity index (χ2v) is 4.18. The van der Waals surface area contributed by atoms with Crippen molar-refractivity contribution < 1.29 is 30.0 Å². The van der Waals surface area contributed by atoms with E-state index in [1.165, 1.54) is 0 Å². The average Bonchev–Trinajstić information content (AvgIpc) is 2.20. The normalized spacial score (nSPS) is 46.5. The summed E-state index contributed by atoms with van der Waals surface area (Å²) in [6, 6.07) is 0. The Kier molecular flexibility index (Phi) is 3.75. The number of aliphatic hydroxyl groups is 4. The molecule has 0 amide bonds. The van der Waals surface area contributed by atoms with E-state index in [1.807, 2.05) is 0 Å². The van der Waals surface area contributed by atoms with Crippen molar-refractivity contribution in [3.05, 3.63) is 0 Å². The minimum Gasteiger partial charge on any atom is -0.394 e. The fourth-order valence-corrected chi connectivity index (χ4v) is 1.73. The molecule has 1 fully saturated rings. The third-order valence-electron chi connectivity index (χ3n) is 2.47. The molecule has 5 atom stereocenters. The Hall–Kier alpha value is -0.180. The van der Waals surface area contributed by atoms with Crippen molar-refractivity contribution in [2.75, 3.05) is 6.61 Å². The highest BCUT2D eigenvalue weighted by Crippen LogP contribution is 2.33. The molecular weight excluding hydrogens is 224 g/mol. The first kappa shape index (κ1) is 12.9. The molecule has 7 heteroatoms. The predicted molar refractivity (Wildman–Crippen MR) is 52.4 cm³/mol. The smallest absolute Gasteiger partial charge is 0.197 e. The van der Waals surface area contributed by atoms with Gasteiger partial charge in [0.25, 0.3) is 0 Å². The molecule has 1 saturated heterocycles. The van der Waals surface area contributed by atoms with Crippen molar-refractivity contribution in [1.82, 2.24) is 0 Å². The summed E-state index contributed by atoms with van der Waals surface area (Å²) in [7, 11) is 0. The van der Waals surface area contributed by atoms with E-state index in [4.69, 9.17) is 9.84 Å². The summed E-state index contributed by atoms with van der Waals surface area (Å²) >= 11 is 3.85. The van der Waals surface area contributed by atoms with E-state index in [1.54, 1.807) is 0 Å². The highest BCUT2D eigenvalue weighted by atomic mass is 32.1. The lowest BCUT2D eigenvalue weighted by atomic mass is 9.93. The number of carbonyl (C=O) groups is 1. The van der Waals surface area contributed by atoms with Crippen LogP contribution in [0.5, 0.6) is 0 Å². The third-order valence-corrected chi connectivity index (χ3v) is 3.16. The Morgan fingerprint density at radius 1 is 1.40 bits per heavy atom. The zero-order valence-corrected chi connectivity index (χ0v) is 8.96. The van der Waals surface area contributed by atoms with Gasteiger partial charge in [0, 0.05) is 0 Å². The lowest BCUT2D eigenvalue weighted by molar-refractivity contribution is -0.235. The molecule has 0 aliphatic carbocycles. The van der Waals surface area contributed by atoms with E-state index < -0.39 is 41.7 Å². The Morgan fingerprint density at radius 2 is 1.93 bits per heavy atom. The predicted octanol–water partition coefficient (Wildman–Crippen LogP) is -2.32. The molecule has 1 aliphatic rings. The molecule has 88 valence electrons. The molecule has 6 nitrogen and oxygen atoms in total. The van der Waals surface area contributed by atoms with Gasteiger partial charge in [0.2, 0.25) is 0 Å². The Labute approximate surface area is 91.9 Å². The van der Waals surface area contributed by atoms with Crippen molar-refractivity contribution in [3.8, 4) is 0 Å².